The number of nitrogens with one attached hydrogen (secondary N) is 1. The second-order valence-corrected chi connectivity index (χ2v) is 5.78. The lowest BCUT2D eigenvalue weighted by atomic mass is 9.97. The molecule has 4 heteroatoms. The summed E-state index contributed by atoms with van der Waals surface area (Å²) in [5, 5.41) is 9.34. The van der Waals surface area contributed by atoms with Crippen molar-refractivity contribution in [1.29, 1.82) is 0 Å². The first-order chi connectivity index (χ1) is 11.8. The minimum atomic E-state index is 0.705. The molecule has 0 radical (unpaired) electrons. The summed E-state index contributed by atoms with van der Waals surface area (Å²) >= 11 is 6.61. The van der Waals surface area contributed by atoms with Gasteiger partial charge in [0.2, 0.25) is 0 Å². The van der Waals surface area contributed by atoms with Gasteiger partial charge in [-0.3, -0.25) is 5.43 Å². The molecule has 0 bridgehead atoms. The van der Waals surface area contributed by atoms with Crippen molar-refractivity contribution in [2.75, 3.05) is 5.43 Å². The van der Waals surface area contributed by atoms with E-state index in [-0.39, 0.29) is 0 Å². The van der Waals surface area contributed by atoms with Crippen LogP contribution < -0.4 is 5.43 Å². The molecule has 0 fully saturated rings. The van der Waals surface area contributed by atoms with Gasteiger partial charge >= 0.3 is 0 Å². The van der Waals surface area contributed by atoms with Crippen LogP contribution in [0.1, 0.15) is 5.56 Å². The summed E-state index contributed by atoms with van der Waals surface area (Å²) in [6, 6.07) is 21.9. The van der Waals surface area contributed by atoms with Crippen molar-refractivity contribution in [3.63, 3.8) is 0 Å². The van der Waals surface area contributed by atoms with Gasteiger partial charge in [0.15, 0.2) is 0 Å². The predicted octanol–water partition coefficient (Wildman–Crippen LogP) is 5.49. The van der Waals surface area contributed by atoms with Crippen LogP contribution in [0, 0.1) is 0 Å². The number of pyridine rings is 1. The van der Waals surface area contributed by atoms with Gasteiger partial charge in [0, 0.05) is 22.5 Å². The Labute approximate surface area is 144 Å². The highest BCUT2D eigenvalue weighted by Crippen LogP contribution is 2.35. The summed E-state index contributed by atoms with van der Waals surface area (Å²) in [7, 11) is 0. The Morgan fingerprint density at radius 3 is 1.96 bits per heavy atom. The molecule has 0 aliphatic rings. The molecule has 0 saturated heterocycles. The number of hydrogen-bond acceptors (Lipinski definition) is 3. The van der Waals surface area contributed by atoms with E-state index in [0.29, 0.717) is 5.82 Å². The zero-order valence-electron chi connectivity index (χ0n) is 12.8. The summed E-state index contributed by atoms with van der Waals surface area (Å²) < 4.78 is 0. The lowest BCUT2D eigenvalue weighted by Gasteiger charge is -2.10. The molecule has 1 aromatic heterocycles. The molecule has 3 nitrogen and oxygen atoms in total. The molecule has 0 spiro atoms. The Balaban J connectivity index is 1.87. The van der Waals surface area contributed by atoms with E-state index in [9.17, 15) is 0 Å². The first-order valence-corrected chi connectivity index (χ1v) is 8.01. The average Bonchev–Trinajstić information content (AvgIpc) is 2.65. The van der Waals surface area contributed by atoms with Gasteiger partial charge < -0.3 is 0 Å². The standard InChI is InChI=1S/C20H14ClN3/c21-20-16-9-3-1-7-14(16)18(15-8-2-4-10-17(15)20)13-23-24-19-11-5-6-12-22-19/h1-13H,(H,22,24). The van der Waals surface area contributed by atoms with E-state index in [2.05, 4.69) is 27.6 Å². The summed E-state index contributed by atoms with van der Waals surface area (Å²) in [6.07, 6.45) is 3.56. The van der Waals surface area contributed by atoms with E-state index in [1.807, 2.05) is 60.8 Å². The van der Waals surface area contributed by atoms with Gasteiger partial charge in [-0.2, -0.15) is 5.10 Å². The Bertz CT molecular complexity index is 986. The highest BCUT2D eigenvalue weighted by Gasteiger charge is 2.10. The molecule has 0 amide bonds. The van der Waals surface area contributed by atoms with E-state index < -0.39 is 0 Å². The average molecular weight is 332 g/mol. The van der Waals surface area contributed by atoms with Crippen LogP contribution in [0.5, 0.6) is 0 Å². The van der Waals surface area contributed by atoms with E-state index in [1.54, 1.807) is 6.20 Å². The number of aromatic nitrogens is 1. The minimum absolute atomic E-state index is 0.705. The molecule has 3 aromatic carbocycles. The first-order valence-electron chi connectivity index (χ1n) is 7.63. The number of hydrogen-bond donors (Lipinski definition) is 1. The SMILES string of the molecule is Clc1c2ccccc2c(C=NNc2ccccn2)c2ccccc12. The Hall–Kier alpha value is -2.91. The van der Waals surface area contributed by atoms with Crippen molar-refractivity contribution < 1.29 is 0 Å². The summed E-state index contributed by atoms with van der Waals surface area (Å²) in [5.74, 6) is 0.705. The first kappa shape index (κ1) is 14.7. The normalized spacial score (nSPS) is 11.4. The molecule has 0 aliphatic carbocycles. The summed E-state index contributed by atoms with van der Waals surface area (Å²) in [5.41, 5.74) is 4.00. The van der Waals surface area contributed by atoms with Gasteiger partial charge in [0.25, 0.3) is 0 Å². The molecule has 4 aromatic rings. The molecule has 0 atom stereocenters. The maximum absolute atomic E-state index is 6.61. The second-order valence-electron chi connectivity index (χ2n) is 5.40. The monoisotopic (exact) mass is 331 g/mol. The van der Waals surface area contributed by atoms with Gasteiger partial charge in [0.1, 0.15) is 5.82 Å². The van der Waals surface area contributed by atoms with Crippen LogP contribution in [0.15, 0.2) is 78.0 Å². The maximum atomic E-state index is 6.61. The van der Waals surface area contributed by atoms with Crippen molar-refractivity contribution in [1.82, 2.24) is 4.98 Å². The summed E-state index contributed by atoms with van der Waals surface area (Å²) in [6.45, 7) is 0. The van der Waals surface area contributed by atoms with E-state index >= 15 is 0 Å². The molecule has 1 heterocycles. The molecule has 0 saturated carbocycles. The van der Waals surface area contributed by atoms with Crippen molar-refractivity contribution in [3.8, 4) is 0 Å². The maximum Gasteiger partial charge on any atom is 0.146 e. The number of rotatable bonds is 3. The number of anilines is 1. The third kappa shape index (κ3) is 2.59. The van der Waals surface area contributed by atoms with Gasteiger partial charge in [-0.15, -0.1) is 0 Å². The smallest absolute Gasteiger partial charge is 0.146 e. The van der Waals surface area contributed by atoms with Crippen LogP contribution in [0.25, 0.3) is 21.5 Å². The topological polar surface area (TPSA) is 37.3 Å². The van der Waals surface area contributed by atoms with E-state index in [1.165, 1.54) is 0 Å². The molecule has 0 unspecified atom stereocenters. The molecule has 116 valence electrons. The second kappa shape index (κ2) is 6.30. The van der Waals surface area contributed by atoms with Crippen LogP contribution in [0.4, 0.5) is 5.82 Å². The van der Waals surface area contributed by atoms with Crippen molar-refractivity contribution in [2.45, 2.75) is 0 Å². The summed E-state index contributed by atoms with van der Waals surface area (Å²) in [4.78, 5) is 4.20. The van der Waals surface area contributed by atoms with Crippen LogP contribution in [-0.2, 0) is 0 Å². The number of nitrogens with zero attached hydrogens (tertiary/aromatic N) is 2. The third-order valence-corrected chi connectivity index (χ3v) is 4.35. The molecule has 24 heavy (non-hydrogen) atoms. The minimum Gasteiger partial charge on any atom is -0.261 e. The number of halogens is 1. The highest BCUT2D eigenvalue weighted by atomic mass is 35.5. The van der Waals surface area contributed by atoms with Crippen LogP contribution in [0.2, 0.25) is 5.02 Å². The third-order valence-electron chi connectivity index (χ3n) is 3.95. The largest absolute Gasteiger partial charge is 0.261 e. The van der Waals surface area contributed by atoms with Crippen molar-refractivity contribution in [3.05, 3.63) is 83.5 Å². The fourth-order valence-electron chi connectivity index (χ4n) is 2.84. The highest BCUT2D eigenvalue weighted by molar-refractivity contribution is 6.42. The molecule has 4 rings (SSSR count). The Morgan fingerprint density at radius 1 is 0.792 bits per heavy atom. The zero-order valence-corrected chi connectivity index (χ0v) is 13.5. The molecular weight excluding hydrogens is 318 g/mol. The van der Waals surface area contributed by atoms with Gasteiger partial charge in [0.05, 0.1) is 11.2 Å². The van der Waals surface area contributed by atoms with Gasteiger partial charge in [-0.05, 0) is 22.9 Å². The van der Waals surface area contributed by atoms with E-state index in [4.69, 9.17) is 11.6 Å². The zero-order chi connectivity index (χ0) is 16.4. The fourth-order valence-corrected chi connectivity index (χ4v) is 3.17. The lowest BCUT2D eigenvalue weighted by Crippen LogP contribution is -1.95. The molecule has 0 aliphatic heterocycles. The van der Waals surface area contributed by atoms with Crippen molar-refractivity contribution in [2.24, 2.45) is 5.10 Å². The van der Waals surface area contributed by atoms with E-state index in [0.717, 1.165) is 32.1 Å². The molecule has 1 N–H and O–H groups in total. The lowest BCUT2D eigenvalue weighted by molar-refractivity contribution is 1.23. The Morgan fingerprint density at radius 2 is 1.38 bits per heavy atom. The van der Waals surface area contributed by atoms with Crippen LogP contribution in [0.3, 0.4) is 0 Å². The van der Waals surface area contributed by atoms with Gasteiger partial charge in [-0.1, -0.05) is 66.2 Å². The van der Waals surface area contributed by atoms with Crippen LogP contribution in [-0.4, -0.2) is 11.2 Å². The fraction of sp³-hybridized carbons (Fsp3) is 0. The molecular formula is C20H14ClN3. The quantitative estimate of drug-likeness (QED) is 0.306. The van der Waals surface area contributed by atoms with Gasteiger partial charge in [-0.25, -0.2) is 4.98 Å². The Kier molecular flexibility index (Phi) is 3.85. The number of benzene rings is 3. The number of hydrazone groups is 1. The predicted molar refractivity (Wildman–Crippen MR) is 102 cm³/mol. The van der Waals surface area contributed by atoms with Crippen LogP contribution >= 0.6 is 11.6 Å². The number of fused-ring (bicyclic) bond motifs is 2. The van der Waals surface area contributed by atoms with Crippen molar-refractivity contribution >= 4 is 45.2 Å².